The average molecular weight is 409 g/mol. The molecule has 0 aromatic carbocycles. The van der Waals surface area contributed by atoms with E-state index in [4.69, 9.17) is 9.97 Å². The first-order valence-corrected chi connectivity index (χ1v) is 10.5. The van der Waals surface area contributed by atoms with Crippen LogP contribution in [0.5, 0.6) is 0 Å². The van der Waals surface area contributed by atoms with Crippen LogP contribution in [-0.4, -0.2) is 63.3 Å². The summed E-state index contributed by atoms with van der Waals surface area (Å²) in [6.45, 7) is 5.88. The normalized spacial score (nSPS) is 20.0. The Kier molecular flexibility index (Phi) is 5.72. The van der Waals surface area contributed by atoms with E-state index in [1.165, 1.54) is 6.92 Å². The largest absolute Gasteiger partial charge is 0.508 e. The minimum atomic E-state index is -0.983. The lowest BCUT2D eigenvalue weighted by atomic mass is 10.0. The third kappa shape index (κ3) is 4.03. The van der Waals surface area contributed by atoms with Gasteiger partial charge in [0.25, 0.3) is 5.91 Å². The summed E-state index contributed by atoms with van der Waals surface area (Å²) in [6.07, 6.45) is 11.6. The molecular formula is C23H28N4O3. The Hall–Kier alpha value is -2.93. The smallest absolute Gasteiger partial charge is 0.251 e. The molecule has 158 valence electrons. The number of carbonyl (C=O) groups excluding carboxylic acids is 1. The van der Waals surface area contributed by atoms with Gasteiger partial charge in [-0.15, -0.1) is 0 Å². The van der Waals surface area contributed by atoms with Crippen molar-refractivity contribution in [2.75, 3.05) is 31.1 Å². The van der Waals surface area contributed by atoms with Crippen molar-refractivity contribution in [1.82, 2.24) is 14.9 Å². The molecule has 1 unspecified atom stereocenters. The number of aliphatic hydroxyl groups excluding tert-OH is 2. The van der Waals surface area contributed by atoms with Gasteiger partial charge in [-0.1, -0.05) is 23.8 Å². The van der Waals surface area contributed by atoms with Crippen molar-refractivity contribution in [3.05, 3.63) is 46.0 Å². The quantitative estimate of drug-likeness (QED) is 0.777. The summed E-state index contributed by atoms with van der Waals surface area (Å²) in [5.41, 5.74) is 1.82. The molecular weight excluding hydrogens is 380 g/mol. The molecule has 2 heterocycles. The van der Waals surface area contributed by atoms with Gasteiger partial charge in [0.05, 0.1) is 10.9 Å². The lowest BCUT2D eigenvalue weighted by Crippen LogP contribution is -2.53. The van der Waals surface area contributed by atoms with Crippen LogP contribution >= 0.6 is 0 Å². The summed E-state index contributed by atoms with van der Waals surface area (Å²) >= 11 is 0. The van der Waals surface area contributed by atoms with Crippen molar-refractivity contribution in [1.29, 1.82) is 0 Å². The highest BCUT2D eigenvalue weighted by molar-refractivity contribution is 5.80. The first-order valence-electron chi connectivity index (χ1n) is 10.5. The van der Waals surface area contributed by atoms with Gasteiger partial charge in [-0.25, -0.2) is 9.97 Å². The van der Waals surface area contributed by atoms with Gasteiger partial charge in [-0.05, 0) is 45.3 Å². The van der Waals surface area contributed by atoms with Gasteiger partial charge in [-0.3, -0.25) is 4.79 Å². The topological polar surface area (TPSA) is 89.8 Å². The predicted molar refractivity (Wildman–Crippen MR) is 117 cm³/mol. The Morgan fingerprint density at radius 3 is 2.50 bits per heavy atom. The van der Waals surface area contributed by atoms with Crippen LogP contribution < -0.4 is 15.5 Å². The third-order valence-corrected chi connectivity index (χ3v) is 5.70. The maximum absolute atomic E-state index is 12.1. The summed E-state index contributed by atoms with van der Waals surface area (Å²) in [6, 6.07) is 0. The Morgan fingerprint density at radius 2 is 1.80 bits per heavy atom. The van der Waals surface area contributed by atoms with E-state index in [1.807, 2.05) is 12.2 Å². The third-order valence-electron chi connectivity index (χ3n) is 5.70. The number of hydrogen-bond donors (Lipinski definition) is 2. The van der Waals surface area contributed by atoms with Crippen molar-refractivity contribution in [2.45, 2.75) is 39.2 Å². The van der Waals surface area contributed by atoms with Crippen LogP contribution in [0.25, 0.3) is 17.7 Å². The lowest BCUT2D eigenvalue weighted by molar-refractivity contribution is -0.139. The molecule has 1 atom stereocenters. The molecule has 7 nitrogen and oxygen atoms in total. The molecule has 1 saturated heterocycles. The number of nitrogens with zero attached hydrogens (tertiary/aromatic N) is 4. The molecule has 1 aromatic heterocycles. The van der Waals surface area contributed by atoms with E-state index < -0.39 is 6.10 Å². The van der Waals surface area contributed by atoms with Crippen LogP contribution in [0.1, 0.15) is 38.9 Å². The zero-order valence-electron chi connectivity index (χ0n) is 17.5. The number of fused-ring (bicyclic) bond motifs is 1. The molecule has 1 fully saturated rings. The summed E-state index contributed by atoms with van der Waals surface area (Å²) in [5.74, 6) is 1.35. The summed E-state index contributed by atoms with van der Waals surface area (Å²) in [5, 5.41) is 21.8. The molecule has 30 heavy (non-hydrogen) atoms. The molecule has 0 spiro atoms. The first-order chi connectivity index (χ1) is 14.4. The molecule has 7 heteroatoms. The first kappa shape index (κ1) is 20.3. The number of amides is 1. The number of anilines is 1. The molecule has 0 saturated carbocycles. The second kappa shape index (κ2) is 8.44. The molecule has 0 radical (unpaired) electrons. The van der Waals surface area contributed by atoms with Crippen LogP contribution in [0.15, 0.2) is 29.6 Å². The van der Waals surface area contributed by atoms with Crippen LogP contribution in [-0.2, 0) is 4.79 Å². The minimum absolute atomic E-state index is 0.226. The number of aliphatic hydroxyl groups is 2. The van der Waals surface area contributed by atoms with Gasteiger partial charge in [0.2, 0.25) is 0 Å². The van der Waals surface area contributed by atoms with E-state index >= 15 is 0 Å². The monoisotopic (exact) mass is 408 g/mol. The highest BCUT2D eigenvalue weighted by Crippen LogP contribution is 2.24. The molecule has 1 aromatic rings. The fourth-order valence-corrected chi connectivity index (χ4v) is 4.05. The summed E-state index contributed by atoms with van der Waals surface area (Å²) in [7, 11) is 0. The van der Waals surface area contributed by atoms with E-state index in [-0.39, 0.29) is 11.7 Å². The maximum atomic E-state index is 12.1. The molecule has 1 aliphatic heterocycles. The SMILES string of the molecule is CC1=CCC=c2c(N3CCN(C(=O)C(C)O)CC3)nc(C3=CCCC=C3O)nc2=C1. The predicted octanol–water partition coefficient (Wildman–Crippen LogP) is 1.04. The van der Waals surface area contributed by atoms with Crippen LogP contribution in [0, 0.1) is 0 Å². The molecule has 4 rings (SSSR count). The molecule has 2 aliphatic carbocycles. The van der Waals surface area contributed by atoms with Gasteiger partial charge in [0.1, 0.15) is 17.7 Å². The summed E-state index contributed by atoms with van der Waals surface area (Å²) < 4.78 is 0. The van der Waals surface area contributed by atoms with Gasteiger partial charge < -0.3 is 20.0 Å². The van der Waals surface area contributed by atoms with E-state index in [0.29, 0.717) is 37.6 Å². The fourth-order valence-electron chi connectivity index (χ4n) is 4.05. The van der Waals surface area contributed by atoms with Gasteiger partial charge in [-0.2, -0.15) is 0 Å². The van der Waals surface area contributed by atoms with Crippen molar-refractivity contribution in [2.24, 2.45) is 0 Å². The number of aromatic nitrogens is 2. The van der Waals surface area contributed by atoms with Crippen molar-refractivity contribution in [3.63, 3.8) is 0 Å². The van der Waals surface area contributed by atoms with Crippen molar-refractivity contribution < 1.29 is 15.0 Å². The number of carbonyl (C=O) groups is 1. The van der Waals surface area contributed by atoms with Crippen LogP contribution in [0.3, 0.4) is 0 Å². The van der Waals surface area contributed by atoms with Gasteiger partial charge >= 0.3 is 0 Å². The zero-order chi connectivity index (χ0) is 21.3. The number of piperazine rings is 1. The van der Waals surface area contributed by atoms with Crippen molar-refractivity contribution in [3.8, 4) is 0 Å². The zero-order valence-corrected chi connectivity index (χ0v) is 17.5. The fraction of sp³-hybridized carbons (Fsp3) is 0.435. The van der Waals surface area contributed by atoms with E-state index in [1.54, 1.807) is 4.90 Å². The molecule has 1 amide bonds. The number of hydrogen-bond acceptors (Lipinski definition) is 6. The Balaban J connectivity index is 1.74. The molecule has 2 N–H and O–H groups in total. The molecule has 3 aliphatic rings. The lowest BCUT2D eigenvalue weighted by Gasteiger charge is -2.36. The standard InChI is InChI=1S/C23H28N4O3/c1-15-6-5-8-17-19(14-15)24-21(18-7-3-4-9-20(18)29)25-22(17)26-10-12-27(13-11-26)23(30)16(2)28/h6-9,14,16,28-29H,3-5,10-13H2,1-2H3. The maximum Gasteiger partial charge on any atom is 0.251 e. The Bertz CT molecular complexity index is 1060. The van der Waals surface area contributed by atoms with Crippen molar-refractivity contribution >= 4 is 29.5 Å². The Morgan fingerprint density at radius 1 is 1.07 bits per heavy atom. The second-order valence-electron chi connectivity index (χ2n) is 7.97. The van der Waals surface area contributed by atoms with Gasteiger partial charge in [0, 0.05) is 31.4 Å². The van der Waals surface area contributed by atoms with E-state index in [9.17, 15) is 15.0 Å². The highest BCUT2D eigenvalue weighted by atomic mass is 16.3. The highest BCUT2D eigenvalue weighted by Gasteiger charge is 2.26. The van der Waals surface area contributed by atoms with E-state index in [2.05, 4.69) is 30.1 Å². The second-order valence-corrected chi connectivity index (χ2v) is 7.97. The van der Waals surface area contributed by atoms with E-state index in [0.717, 1.165) is 41.2 Å². The minimum Gasteiger partial charge on any atom is -0.508 e. The van der Waals surface area contributed by atoms with Crippen LogP contribution in [0.4, 0.5) is 5.82 Å². The van der Waals surface area contributed by atoms with Crippen LogP contribution in [0.2, 0.25) is 0 Å². The average Bonchev–Trinajstić information content (AvgIpc) is 2.93. The molecule has 0 bridgehead atoms. The Labute approximate surface area is 176 Å². The number of rotatable bonds is 3. The summed E-state index contributed by atoms with van der Waals surface area (Å²) in [4.78, 5) is 25.7. The number of allylic oxidation sites excluding steroid dienone is 5. The van der Waals surface area contributed by atoms with Gasteiger partial charge in [0.15, 0.2) is 5.82 Å².